The number of amides is 3. The summed E-state index contributed by atoms with van der Waals surface area (Å²) < 4.78 is 8.26. The van der Waals surface area contributed by atoms with Gasteiger partial charge in [0.2, 0.25) is 0 Å². The van der Waals surface area contributed by atoms with E-state index in [1.54, 1.807) is 15.1 Å². The number of urea groups is 1. The van der Waals surface area contributed by atoms with Crippen LogP contribution in [-0.2, 0) is 0 Å². The molecule has 2 heterocycles. The fraction of sp³-hybridized carbons (Fsp3) is 0.440. The molecule has 0 spiro atoms. The van der Waals surface area contributed by atoms with Gasteiger partial charge >= 0.3 is 6.03 Å². The Morgan fingerprint density at radius 1 is 1.03 bits per heavy atom. The SMILES string of the molecule is [2H]N1CCC(CNC(=O)N2CCN(C(=O)c3ccccc3)c3ccccc32)[C@@H]1C(C)(C)C. The van der Waals surface area contributed by atoms with Crippen molar-refractivity contribution in [3.63, 3.8) is 0 Å². The largest absolute Gasteiger partial charge is 0.337 e. The molecule has 2 aliphatic rings. The average molecular weight is 422 g/mol. The Kier molecular flexibility index (Phi) is 5.64. The van der Waals surface area contributed by atoms with Crippen LogP contribution in [0.3, 0.4) is 0 Å². The molecule has 1 unspecified atom stereocenters. The van der Waals surface area contributed by atoms with Gasteiger partial charge in [0.25, 0.3) is 5.91 Å². The third kappa shape index (κ3) is 4.44. The molecular formula is C25H32N4O2. The standard InChI is InChI=1S/C25H32N4O2/c1-25(2,3)22-19(13-14-26-22)17-27-24(31)29-16-15-28(20-11-7-8-12-21(20)29)23(30)18-9-5-4-6-10-18/h4-12,19,22,26H,13-17H2,1-3H3,(H,27,31)/t19?,22-/m1/s1/i/hD. The number of hydrogen-bond donors (Lipinski definition) is 2. The number of para-hydroxylation sites is 2. The first-order valence-corrected chi connectivity index (χ1v) is 11.0. The molecule has 6 heteroatoms. The van der Waals surface area contributed by atoms with Gasteiger partial charge in [-0.25, -0.2) is 4.79 Å². The van der Waals surface area contributed by atoms with Crippen LogP contribution in [0, 0.1) is 11.3 Å². The molecule has 1 fully saturated rings. The van der Waals surface area contributed by atoms with Gasteiger partial charge in [-0.05, 0) is 48.6 Å². The topological polar surface area (TPSA) is 64.7 Å². The number of benzene rings is 2. The Morgan fingerprint density at radius 2 is 1.65 bits per heavy atom. The van der Waals surface area contributed by atoms with E-state index in [9.17, 15) is 9.59 Å². The fourth-order valence-corrected chi connectivity index (χ4v) is 4.71. The lowest BCUT2D eigenvalue weighted by Crippen LogP contribution is -2.51. The van der Waals surface area contributed by atoms with Gasteiger partial charge in [0.1, 0.15) is 1.41 Å². The summed E-state index contributed by atoms with van der Waals surface area (Å²) in [4.78, 5) is 29.7. The zero-order valence-corrected chi connectivity index (χ0v) is 18.5. The van der Waals surface area contributed by atoms with E-state index in [1.165, 1.54) is 0 Å². The Labute approximate surface area is 186 Å². The molecule has 3 amide bonds. The highest BCUT2D eigenvalue weighted by Gasteiger charge is 2.36. The van der Waals surface area contributed by atoms with E-state index >= 15 is 0 Å². The van der Waals surface area contributed by atoms with Crippen molar-refractivity contribution in [2.75, 3.05) is 36.0 Å². The third-order valence-corrected chi connectivity index (χ3v) is 6.20. The molecule has 0 aliphatic carbocycles. The normalized spacial score (nSPS) is 22.1. The Balaban J connectivity index is 1.48. The van der Waals surface area contributed by atoms with E-state index in [-0.39, 0.29) is 29.3 Å². The highest BCUT2D eigenvalue weighted by atomic mass is 16.2. The van der Waals surface area contributed by atoms with Crippen LogP contribution in [-0.4, -0.2) is 44.2 Å². The van der Waals surface area contributed by atoms with Crippen molar-refractivity contribution < 1.29 is 11.0 Å². The van der Waals surface area contributed by atoms with Crippen LogP contribution in [0.1, 0.15) is 37.6 Å². The van der Waals surface area contributed by atoms with Gasteiger partial charge < -0.3 is 15.5 Å². The number of nitrogens with zero attached hydrogens (tertiary/aromatic N) is 2. The molecule has 2 aromatic rings. The monoisotopic (exact) mass is 421 g/mol. The molecule has 2 N–H and O–H groups in total. The van der Waals surface area contributed by atoms with Crippen LogP contribution >= 0.6 is 0 Å². The highest BCUT2D eigenvalue weighted by Crippen LogP contribution is 2.34. The minimum Gasteiger partial charge on any atom is -0.337 e. The van der Waals surface area contributed by atoms with Crippen molar-refractivity contribution in [2.24, 2.45) is 11.3 Å². The maximum atomic E-state index is 13.2. The van der Waals surface area contributed by atoms with Crippen molar-refractivity contribution in [3.05, 3.63) is 60.2 Å². The number of anilines is 2. The van der Waals surface area contributed by atoms with Crippen molar-refractivity contribution in [1.82, 2.24) is 10.6 Å². The summed E-state index contributed by atoms with van der Waals surface area (Å²) >= 11 is 0. The summed E-state index contributed by atoms with van der Waals surface area (Å²) in [5.74, 6) is 0.181. The number of nitrogens with one attached hydrogen (secondary N) is 2. The second-order valence-electron chi connectivity index (χ2n) is 9.42. The minimum absolute atomic E-state index is 0.0241. The lowest BCUT2D eigenvalue weighted by atomic mass is 9.80. The molecular weight excluding hydrogens is 388 g/mol. The van der Waals surface area contributed by atoms with E-state index in [1.807, 2.05) is 54.6 Å². The van der Waals surface area contributed by atoms with Crippen LogP contribution in [0.25, 0.3) is 0 Å². The van der Waals surface area contributed by atoms with Gasteiger partial charge in [0, 0.05) is 31.2 Å². The van der Waals surface area contributed by atoms with Crippen LogP contribution in [0.15, 0.2) is 54.6 Å². The molecule has 6 nitrogen and oxygen atoms in total. The average Bonchev–Trinajstić information content (AvgIpc) is 3.17. The number of carbonyl (C=O) groups is 2. The van der Waals surface area contributed by atoms with Crippen LogP contribution in [0.4, 0.5) is 16.2 Å². The first-order valence-electron chi connectivity index (χ1n) is 11.5. The molecule has 164 valence electrons. The van der Waals surface area contributed by atoms with E-state index in [0.29, 0.717) is 25.2 Å². The molecule has 2 aromatic carbocycles. The Morgan fingerprint density at radius 3 is 2.32 bits per heavy atom. The first kappa shape index (κ1) is 20.1. The third-order valence-electron chi connectivity index (χ3n) is 6.20. The summed E-state index contributed by atoms with van der Waals surface area (Å²) in [7, 11) is 0. The van der Waals surface area contributed by atoms with Gasteiger partial charge in [0.05, 0.1) is 11.4 Å². The van der Waals surface area contributed by atoms with E-state index in [0.717, 1.165) is 24.3 Å². The van der Waals surface area contributed by atoms with E-state index in [2.05, 4.69) is 26.1 Å². The Bertz CT molecular complexity index is 975. The predicted molar refractivity (Wildman–Crippen MR) is 125 cm³/mol. The molecule has 0 saturated carbocycles. The second-order valence-corrected chi connectivity index (χ2v) is 9.42. The van der Waals surface area contributed by atoms with Crippen molar-refractivity contribution in [3.8, 4) is 0 Å². The van der Waals surface area contributed by atoms with Crippen molar-refractivity contribution in [1.29, 1.82) is 0 Å². The molecule has 0 radical (unpaired) electrons. The van der Waals surface area contributed by atoms with E-state index < -0.39 is 0 Å². The molecule has 31 heavy (non-hydrogen) atoms. The maximum Gasteiger partial charge on any atom is 0.322 e. The Hall–Kier alpha value is -2.86. The van der Waals surface area contributed by atoms with Gasteiger partial charge in [-0.15, -0.1) is 0 Å². The molecule has 1 saturated heterocycles. The lowest BCUT2D eigenvalue weighted by molar-refractivity contribution is 0.0986. The minimum atomic E-state index is -0.152. The summed E-state index contributed by atoms with van der Waals surface area (Å²) in [5, 5.41) is 4.77. The quantitative estimate of drug-likeness (QED) is 0.790. The zero-order valence-electron chi connectivity index (χ0n) is 19.5. The molecule has 2 aliphatic heterocycles. The number of carbonyl (C=O) groups excluding carboxylic acids is 2. The predicted octanol–water partition coefficient (Wildman–Crippen LogP) is 3.89. The van der Waals surface area contributed by atoms with Crippen LogP contribution in [0.5, 0.6) is 0 Å². The van der Waals surface area contributed by atoms with Gasteiger partial charge in [-0.3, -0.25) is 9.69 Å². The second kappa shape index (κ2) is 8.71. The lowest BCUT2D eigenvalue weighted by Gasteiger charge is -2.37. The number of rotatable bonds is 3. The fourth-order valence-electron chi connectivity index (χ4n) is 4.71. The van der Waals surface area contributed by atoms with Crippen LogP contribution in [0.2, 0.25) is 1.41 Å². The molecule has 0 bridgehead atoms. The molecule has 2 atom stereocenters. The summed E-state index contributed by atoms with van der Waals surface area (Å²) in [5.41, 5.74) is 2.09. The summed E-state index contributed by atoms with van der Waals surface area (Å²) in [6.07, 6.45) is 0.904. The summed E-state index contributed by atoms with van der Waals surface area (Å²) in [6.45, 7) is 8.59. The van der Waals surface area contributed by atoms with Gasteiger partial charge in [-0.1, -0.05) is 51.1 Å². The number of fused-ring (bicyclic) bond motifs is 1. The molecule has 4 rings (SSSR count). The van der Waals surface area contributed by atoms with E-state index in [4.69, 9.17) is 1.41 Å². The molecule has 0 aromatic heterocycles. The smallest absolute Gasteiger partial charge is 0.322 e. The number of hydrogen-bond acceptors (Lipinski definition) is 3. The summed E-state index contributed by atoms with van der Waals surface area (Å²) in [6, 6.07) is 16.7. The van der Waals surface area contributed by atoms with Gasteiger partial charge in [0.15, 0.2) is 0 Å². The van der Waals surface area contributed by atoms with Crippen molar-refractivity contribution >= 4 is 23.3 Å². The van der Waals surface area contributed by atoms with Crippen LogP contribution < -0.4 is 20.4 Å². The maximum absolute atomic E-state index is 13.2. The highest BCUT2D eigenvalue weighted by molar-refractivity contribution is 6.10. The zero-order chi connectivity index (χ0) is 22.9. The van der Waals surface area contributed by atoms with Gasteiger partial charge in [-0.2, -0.15) is 0 Å². The van der Waals surface area contributed by atoms with Crippen molar-refractivity contribution in [2.45, 2.75) is 33.2 Å². The first-order chi connectivity index (χ1) is 15.3.